The molecule has 0 aliphatic rings. The van der Waals surface area contributed by atoms with Crippen molar-refractivity contribution in [2.24, 2.45) is 0 Å². The maximum absolute atomic E-state index is 10.4. The van der Waals surface area contributed by atoms with Crippen molar-refractivity contribution in [2.45, 2.75) is 6.42 Å². The fourth-order valence-corrected chi connectivity index (χ4v) is 1.81. The van der Waals surface area contributed by atoms with Gasteiger partial charge in [-0.25, -0.2) is 0 Å². The highest BCUT2D eigenvalue weighted by atomic mass is 35.5. The summed E-state index contributed by atoms with van der Waals surface area (Å²) >= 11 is 6.03. The van der Waals surface area contributed by atoms with Crippen LogP contribution in [0.4, 0.5) is 0 Å². The lowest BCUT2D eigenvalue weighted by atomic mass is 10.1. The van der Waals surface area contributed by atoms with Crippen molar-refractivity contribution in [1.29, 1.82) is 0 Å². The number of hydrogen-bond acceptors (Lipinski definition) is 1. The van der Waals surface area contributed by atoms with Gasteiger partial charge in [-0.15, -0.1) is 0 Å². The summed E-state index contributed by atoms with van der Waals surface area (Å²) in [7, 11) is 0. The Morgan fingerprint density at radius 3 is 3.07 bits per heavy atom. The average Bonchev–Trinajstić information content (AvgIpc) is 2.59. The maximum Gasteiger partial charge on any atom is 0.303 e. The molecule has 1 aromatic carbocycles. The van der Waals surface area contributed by atoms with E-state index >= 15 is 0 Å². The molecule has 1 aromatic heterocycles. The van der Waals surface area contributed by atoms with Crippen molar-refractivity contribution in [1.82, 2.24) is 4.98 Å². The number of carboxylic acid groups (broad SMARTS) is 1. The van der Waals surface area contributed by atoms with Gasteiger partial charge in [-0.2, -0.15) is 0 Å². The van der Waals surface area contributed by atoms with Crippen molar-refractivity contribution in [2.75, 3.05) is 0 Å². The van der Waals surface area contributed by atoms with Crippen molar-refractivity contribution >= 4 is 28.5 Å². The molecule has 0 fully saturated rings. The van der Waals surface area contributed by atoms with Gasteiger partial charge in [0.05, 0.1) is 11.4 Å². The molecule has 2 rings (SSSR count). The minimum Gasteiger partial charge on any atom is -0.481 e. The quantitative estimate of drug-likeness (QED) is 0.839. The zero-order valence-electron chi connectivity index (χ0n) is 7.83. The van der Waals surface area contributed by atoms with Gasteiger partial charge in [0, 0.05) is 23.5 Å². The number of fused-ring (bicyclic) bond motifs is 1. The first-order valence-electron chi connectivity index (χ1n) is 4.49. The Hall–Kier alpha value is -1.48. The highest BCUT2D eigenvalue weighted by Crippen LogP contribution is 2.27. The third-order valence-corrected chi connectivity index (χ3v) is 2.50. The second-order valence-electron chi connectivity index (χ2n) is 3.21. The van der Waals surface area contributed by atoms with Crippen molar-refractivity contribution < 1.29 is 9.90 Å². The van der Waals surface area contributed by atoms with E-state index in [2.05, 4.69) is 4.98 Å². The summed E-state index contributed by atoms with van der Waals surface area (Å²) in [5.41, 5.74) is 1.75. The van der Waals surface area contributed by atoms with Crippen LogP contribution in [-0.2, 0) is 4.79 Å². The summed E-state index contributed by atoms with van der Waals surface area (Å²) in [5, 5.41) is 10.1. The minimum absolute atomic E-state index is 0.00181. The summed E-state index contributed by atoms with van der Waals surface area (Å²) in [4.78, 5) is 13.5. The molecule has 0 amide bonds. The predicted octanol–water partition coefficient (Wildman–Crippen LogP) is 2.85. The monoisotopic (exact) mass is 222 g/mol. The first-order valence-corrected chi connectivity index (χ1v) is 4.87. The minimum atomic E-state index is -0.851. The van der Waals surface area contributed by atoms with Crippen LogP contribution in [0.25, 0.3) is 10.9 Å². The predicted molar refractivity (Wildman–Crippen MR) is 59.0 cm³/mol. The highest BCUT2D eigenvalue weighted by Gasteiger charge is 2.08. The summed E-state index contributed by atoms with van der Waals surface area (Å²) in [5.74, 6) is -0.851. The van der Waals surface area contributed by atoms with Gasteiger partial charge in [0.2, 0.25) is 0 Å². The number of halogens is 1. The number of hydrogen-bond donors (Lipinski definition) is 2. The van der Waals surface area contributed by atoms with Gasteiger partial charge in [0.1, 0.15) is 0 Å². The van der Waals surface area contributed by atoms with Gasteiger partial charge in [0.15, 0.2) is 0 Å². The van der Waals surface area contributed by atoms with Crippen LogP contribution in [0.3, 0.4) is 0 Å². The third-order valence-electron chi connectivity index (χ3n) is 2.18. The number of rotatable bonds is 3. The van der Waals surface area contributed by atoms with Crippen LogP contribution in [-0.4, -0.2) is 16.1 Å². The van der Waals surface area contributed by atoms with Crippen LogP contribution >= 0.6 is 11.6 Å². The molecular formula is C11H9ClNO2. The van der Waals surface area contributed by atoms with Crippen molar-refractivity contribution in [3.63, 3.8) is 0 Å². The van der Waals surface area contributed by atoms with Crippen LogP contribution in [0.2, 0.25) is 5.02 Å². The van der Waals surface area contributed by atoms with Crippen molar-refractivity contribution in [3.8, 4) is 0 Å². The zero-order valence-corrected chi connectivity index (χ0v) is 8.58. The Morgan fingerprint density at radius 1 is 1.53 bits per heavy atom. The van der Waals surface area contributed by atoms with E-state index in [1.807, 2.05) is 12.1 Å². The molecule has 0 saturated heterocycles. The molecular weight excluding hydrogens is 214 g/mol. The van der Waals surface area contributed by atoms with E-state index in [0.717, 1.165) is 16.5 Å². The molecule has 2 N–H and O–H groups in total. The number of aromatic amines is 1. The molecule has 0 bridgehead atoms. The Bertz CT molecular complexity index is 504. The molecule has 77 valence electrons. The van der Waals surface area contributed by atoms with Crippen LogP contribution in [0.5, 0.6) is 0 Å². The second-order valence-corrected chi connectivity index (χ2v) is 3.62. The fourth-order valence-electron chi connectivity index (χ4n) is 1.52. The number of nitrogens with one attached hydrogen (secondary N) is 1. The van der Waals surface area contributed by atoms with Gasteiger partial charge in [-0.3, -0.25) is 4.79 Å². The second kappa shape index (κ2) is 3.95. The summed E-state index contributed by atoms with van der Waals surface area (Å²) < 4.78 is 0. The lowest BCUT2D eigenvalue weighted by molar-refractivity contribution is -0.136. The van der Waals surface area contributed by atoms with Crippen LogP contribution in [0.1, 0.15) is 12.0 Å². The molecule has 3 nitrogen and oxygen atoms in total. The lowest BCUT2D eigenvalue weighted by Gasteiger charge is -1.98. The van der Waals surface area contributed by atoms with Crippen LogP contribution in [0, 0.1) is 6.42 Å². The highest BCUT2D eigenvalue weighted by molar-refractivity contribution is 6.35. The van der Waals surface area contributed by atoms with Crippen molar-refractivity contribution in [3.05, 3.63) is 41.4 Å². The molecule has 0 aliphatic heterocycles. The number of H-pyrrole nitrogens is 1. The zero-order chi connectivity index (χ0) is 10.8. The van der Waals surface area contributed by atoms with Crippen LogP contribution < -0.4 is 0 Å². The largest absolute Gasteiger partial charge is 0.481 e. The number of carbonyl (C=O) groups is 1. The first-order chi connectivity index (χ1) is 7.18. The van der Waals surface area contributed by atoms with E-state index in [1.54, 1.807) is 18.7 Å². The summed E-state index contributed by atoms with van der Waals surface area (Å²) in [6, 6.07) is 5.54. The van der Waals surface area contributed by atoms with Gasteiger partial charge in [-0.1, -0.05) is 17.7 Å². The molecule has 0 atom stereocenters. The SMILES string of the molecule is O=C(O)C[CH]c1c[nH]c2cccc(Cl)c12. The van der Waals surface area contributed by atoms with E-state index in [9.17, 15) is 4.79 Å². The van der Waals surface area contributed by atoms with Gasteiger partial charge in [0.25, 0.3) is 0 Å². The van der Waals surface area contributed by atoms with Gasteiger partial charge >= 0.3 is 5.97 Å². The Kier molecular flexibility index (Phi) is 2.64. The summed E-state index contributed by atoms with van der Waals surface area (Å²) in [6.45, 7) is 0. The third kappa shape index (κ3) is 1.97. The smallest absolute Gasteiger partial charge is 0.303 e. The molecule has 4 heteroatoms. The molecule has 1 heterocycles. The van der Waals surface area contributed by atoms with E-state index in [4.69, 9.17) is 16.7 Å². The fraction of sp³-hybridized carbons (Fsp3) is 0.0909. The molecule has 15 heavy (non-hydrogen) atoms. The first kappa shape index (κ1) is 10.1. The maximum atomic E-state index is 10.4. The molecule has 1 radical (unpaired) electrons. The molecule has 2 aromatic rings. The van der Waals surface area contributed by atoms with Crippen LogP contribution in [0.15, 0.2) is 24.4 Å². The van der Waals surface area contributed by atoms with Gasteiger partial charge < -0.3 is 10.1 Å². The van der Waals surface area contributed by atoms with E-state index < -0.39 is 5.97 Å². The molecule has 0 unspecified atom stereocenters. The molecule has 0 aliphatic carbocycles. The number of carboxylic acids is 1. The lowest BCUT2D eigenvalue weighted by Crippen LogP contribution is -1.94. The van der Waals surface area contributed by atoms with E-state index in [1.165, 1.54) is 0 Å². The number of benzene rings is 1. The molecule has 0 saturated carbocycles. The normalized spacial score (nSPS) is 10.7. The van der Waals surface area contributed by atoms with E-state index in [0.29, 0.717) is 5.02 Å². The summed E-state index contributed by atoms with van der Waals surface area (Å²) in [6.07, 6.45) is 3.41. The van der Waals surface area contributed by atoms with Gasteiger partial charge in [-0.05, 0) is 17.7 Å². The Labute approximate surface area is 91.7 Å². The number of aliphatic carboxylic acids is 1. The standard InChI is InChI=1S/C11H9ClNO2/c12-8-2-1-3-9-11(8)7(6-13-9)4-5-10(14)15/h1-4,6,13H,5H2,(H,14,15). The Morgan fingerprint density at radius 2 is 2.33 bits per heavy atom. The topological polar surface area (TPSA) is 53.1 Å². The number of aromatic nitrogens is 1. The molecule has 0 spiro atoms. The Balaban J connectivity index is 2.39. The van der Waals surface area contributed by atoms with E-state index in [-0.39, 0.29) is 6.42 Å². The average molecular weight is 223 g/mol.